The zero-order valence-corrected chi connectivity index (χ0v) is 11.4. The van der Waals surface area contributed by atoms with Crippen LogP contribution >= 0.6 is 11.9 Å². The average molecular weight is 299 g/mol. The standard InChI is InChI=1S/C12H14F5NS/c1-11(2,3)19-18-9-5-7(4-8(13)6-9)12(16,17)10(14)15/h4-6,10,18H,1-3H3. The third-order valence-corrected chi connectivity index (χ3v) is 2.98. The summed E-state index contributed by atoms with van der Waals surface area (Å²) in [6, 6.07) is 2.22. The van der Waals surface area contributed by atoms with Gasteiger partial charge in [0.2, 0.25) is 0 Å². The number of benzene rings is 1. The highest BCUT2D eigenvalue weighted by Crippen LogP contribution is 2.37. The Hall–Kier alpha value is -0.980. The molecule has 1 rings (SSSR count). The van der Waals surface area contributed by atoms with Crippen molar-refractivity contribution in [1.82, 2.24) is 0 Å². The average Bonchev–Trinajstić information content (AvgIpc) is 2.24. The van der Waals surface area contributed by atoms with E-state index in [-0.39, 0.29) is 10.4 Å². The highest BCUT2D eigenvalue weighted by Gasteiger charge is 2.43. The third kappa shape index (κ3) is 4.56. The predicted molar refractivity (Wildman–Crippen MR) is 67.3 cm³/mol. The number of halogens is 5. The fourth-order valence-electron chi connectivity index (χ4n) is 1.18. The van der Waals surface area contributed by atoms with Gasteiger partial charge in [-0.1, -0.05) is 0 Å². The molecule has 0 aliphatic heterocycles. The lowest BCUT2D eigenvalue weighted by molar-refractivity contribution is -0.135. The van der Waals surface area contributed by atoms with E-state index in [1.807, 2.05) is 20.8 Å². The van der Waals surface area contributed by atoms with Crippen molar-refractivity contribution in [2.24, 2.45) is 0 Å². The van der Waals surface area contributed by atoms with Crippen molar-refractivity contribution >= 4 is 17.6 Å². The Morgan fingerprint density at radius 3 is 2.16 bits per heavy atom. The summed E-state index contributed by atoms with van der Waals surface area (Å²) in [6.07, 6.45) is -3.88. The summed E-state index contributed by atoms with van der Waals surface area (Å²) in [5, 5.41) is 0. The van der Waals surface area contributed by atoms with Gasteiger partial charge in [0.25, 0.3) is 0 Å². The lowest BCUT2D eigenvalue weighted by atomic mass is 10.1. The highest BCUT2D eigenvalue weighted by molar-refractivity contribution is 8.01. The van der Waals surface area contributed by atoms with Gasteiger partial charge in [-0.3, -0.25) is 0 Å². The molecule has 0 aliphatic carbocycles. The minimum absolute atomic E-state index is 0.0234. The van der Waals surface area contributed by atoms with Crippen LogP contribution in [-0.2, 0) is 5.92 Å². The van der Waals surface area contributed by atoms with E-state index in [0.29, 0.717) is 6.07 Å². The number of anilines is 1. The summed E-state index contributed by atoms with van der Waals surface area (Å²) >= 11 is 1.17. The van der Waals surface area contributed by atoms with Gasteiger partial charge in [-0.15, -0.1) is 0 Å². The molecular weight excluding hydrogens is 285 g/mol. The molecule has 1 aromatic rings. The summed E-state index contributed by atoms with van der Waals surface area (Å²) < 4.78 is 66.5. The van der Waals surface area contributed by atoms with Crippen LogP contribution in [0.25, 0.3) is 0 Å². The van der Waals surface area contributed by atoms with E-state index in [1.165, 1.54) is 11.9 Å². The fraction of sp³-hybridized carbons (Fsp3) is 0.500. The Bertz CT molecular complexity index is 442. The zero-order chi connectivity index (χ0) is 14.8. The van der Waals surface area contributed by atoms with Crippen LogP contribution in [-0.4, -0.2) is 11.2 Å². The minimum atomic E-state index is -4.37. The molecule has 108 valence electrons. The minimum Gasteiger partial charge on any atom is -0.329 e. The molecule has 0 aliphatic rings. The number of hydrogen-bond donors (Lipinski definition) is 1. The van der Waals surface area contributed by atoms with Crippen LogP contribution in [0.1, 0.15) is 26.3 Å². The van der Waals surface area contributed by atoms with Crippen LogP contribution in [0.5, 0.6) is 0 Å². The van der Waals surface area contributed by atoms with Gasteiger partial charge < -0.3 is 4.72 Å². The molecule has 0 fully saturated rings. The first-order valence-electron chi connectivity index (χ1n) is 5.43. The van der Waals surface area contributed by atoms with Crippen LogP contribution in [0.15, 0.2) is 18.2 Å². The van der Waals surface area contributed by atoms with Crippen LogP contribution < -0.4 is 4.72 Å². The topological polar surface area (TPSA) is 12.0 Å². The van der Waals surface area contributed by atoms with E-state index in [0.717, 1.165) is 12.1 Å². The Balaban J connectivity index is 3.01. The molecule has 1 N–H and O–H groups in total. The lowest BCUT2D eigenvalue weighted by Gasteiger charge is -2.20. The van der Waals surface area contributed by atoms with E-state index < -0.39 is 23.7 Å². The maximum atomic E-state index is 13.2. The molecule has 1 aromatic carbocycles. The van der Waals surface area contributed by atoms with Crippen LogP contribution in [0.2, 0.25) is 0 Å². The van der Waals surface area contributed by atoms with Crippen molar-refractivity contribution in [2.75, 3.05) is 4.72 Å². The molecule has 0 saturated heterocycles. The van der Waals surface area contributed by atoms with Gasteiger partial charge in [-0.2, -0.15) is 8.78 Å². The monoisotopic (exact) mass is 299 g/mol. The molecule has 0 aromatic heterocycles. The van der Waals surface area contributed by atoms with Gasteiger partial charge >= 0.3 is 12.3 Å². The third-order valence-electron chi connectivity index (χ3n) is 2.03. The van der Waals surface area contributed by atoms with E-state index in [1.54, 1.807) is 0 Å². The predicted octanol–water partition coefficient (Wildman–Crippen LogP) is 5.04. The summed E-state index contributed by atoms with van der Waals surface area (Å²) in [6.45, 7) is 5.58. The normalized spacial score (nSPS) is 12.9. The van der Waals surface area contributed by atoms with Crippen molar-refractivity contribution in [2.45, 2.75) is 37.9 Å². The summed E-state index contributed by atoms with van der Waals surface area (Å²) in [7, 11) is 0. The Morgan fingerprint density at radius 2 is 1.68 bits per heavy atom. The Labute approximate surface area is 112 Å². The number of nitrogens with one attached hydrogen (secondary N) is 1. The molecule has 0 unspecified atom stereocenters. The fourth-order valence-corrected chi connectivity index (χ4v) is 1.72. The molecular formula is C12H14F5NS. The molecule has 0 heterocycles. The lowest BCUT2D eigenvalue weighted by Crippen LogP contribution is -2.23. The highest BCUT2D eigenvalue weighted by atomic mass is 32.2. The van der Waals surface area contributed by atoms with Crippen LogP contribution in [0.3, 0.4) is 0 Å². The smallest absolute Gasteiger partial charge is 0.329 e. The van der Waals surface area contributed by atoms with Gasteiger partial charge in [-0.25, -0.2) is 13.2 Å². The summed E-state index contributed by atoms with van der Waals surface area (Å²) in [4.78, 5) is 0. The van der Waals surface area contributed by atoms with Crippen molar-refractivity contribution in [3.63, 3.8) is 0 Å². The van der Waals surface area contributed by atoms with Gasteiger partial charge in [-0.05, 0) is 50.9 Å². The first-order chi connectivity index (χ1) is 8.52. The maximum absolute atomic E-state index is 13.2. The van der Waals surface area contributed by atoms with E-state index >= 15 is 0 Å². The Kier molecular flexibility index (Phi) is 4.71. The molecule has 1 nitrogen and oxygen atoms in total. The van der Waals surface area contributed by atoms with Crippen molar-refractivity contribution in [3.05, 3.63) is 29.6 Å². The summed E-state index contributed by atoms with van der Waals surface area (Å²) in [5.41, 5.74) is -1.02. The molecule has 0 radical (unpaired) electrons. The van der Waals surface area contributed by atoms with E-state index in [4.69, 9.17) is 0 Å². The first-order valence-corrected chi connectivity index (χ1v) is 6.25. The first kappa shape index (κ1) is 16.1. The summed E-state index contributed by atoms with van der Waals surface area (Å²) in [5.74, 6) is -5.36. The molecule has 0 amide bonds. The second-order valence-electron chi connectivity index (χ2n) is 4.97. The second kappa shape index (κ2) is 5.56. The van der Waals surface area contributed by atoms with Crippen molar-refractivity contribution < 1.29 is 22.0 Å². The molecule has 19 heavy (non-hydrogen) atoms. The van der Waals surface area contributed by atoms with Crippen molar-refractivity contribution in [1.29, 1.82) is 0 Å². The molecule has 0 spiro atoms. The number of rotatable bonds is 4. The molecule has 0 bridgehead atoms. The quantitative estimate of drug-likeness (QED) is 0.617. The largest absolute Gasteiger partial charge is 0.332 e. The van der Waals surface area contributed by atoms with Crippen molar-refractivity contribution in [3.8, 4) is 0 Å². The van der Waals surface area contributed by atoms with Crippen LogP contribution in [0.4, 0.5) is 27.6 Å². The van der Waals surface area contributed by atoms with Gasteiger partial charge in [0.05, 0.1) is 0 Å². The van der Waals surface area contributed by atoms with E-state index in [2.05, 4.69) is 4.72 Å². The van der Waals surface area contributed by atoms with Gasteiger partial charge in [0.15, 0.2) is 0 Å². The Morgan fingerprint density at radius 1 is 1.11 bits per heavy atom. The van der Waals surface area contributed by atoms with E-state index in [9.17, 15) is 22.0 Å². The number of alkyl halides is 4. The SMILES string of the molecule is CC(C)(C)SNc1cc(F)cc(C(F)(F)C(F)F)c1. The molecule has 7 heteroatoms. The number of hydrogen-bond acceptors (Lipinski definition) is 2. The zero-order valence-electron chi connectivity index (χ0n) is 10.6. The molecule has 0 saturated carbocycles. The second-order valence-corrected chi connectivity index (χ2v) is 6.60. The van der Waals surface area contributed by atoms with Gasteiger partial charge in [0, 0.05) is 16.0 Å². The van der Waals surface area contributed by atoms with Crippen LogP contribution in [0, 0.1) is 5.82 Å². The maximum Gasteiger partial charge on any atom is 0.332 e. The molecule has 0 atom stereocenters. The van der Waals surface area contributed by atoms with Gasteiger partial charge in [0.1, 0.15) is 5.82 Å².